The molecule has 3 aromatic rings. The van der Waals surface area contributed by atoms with Crippen LogP contribution in [0.1, 0.15) is 43.0 Å². The van der Waals surface area contributed by atoms with Crippen LogP contribution in [0, 0.1) is 0 Å². The van der Waals surface area contributed by atoms with E-state index >= 15 is 0 Å². The second-order valence-electron chi connectivity index (χ2n) is 10.4. The average Bonchev–Trinajstić information content (AvgIpc) is 3.45. The highest BCUT2D eigenvalue weighted by molar-refractivity contribution is 5.92. The van der Waals surface area contributed by atoms with E-state index in [9.17, 15) is 14.7 Å². The van der Waals surface area contributed by atoms with Crippen molar-refractivity contribution >= 4 is 29.0 Å². The Balaban J connectivity index is 1.49. The molecule has 37 heavy (non-hydrogen) atoms. The fraction of sp³-hybridized carbons (Fsp3) is 0.379. The summed E-state index contributed by atoms with van der Waals surface area (Å²) >= 11 is 0. The minimum atomic E-state index is -0.584. The number of carbonyl (C=O) groups is 2. The smallest absolute Gasteiger partial charge is 0.419 e. The van der Waals surface area contributed by atoms with E-state index in [1.807, 2.05) is 57.3 Å². The maximum atomic E-state index is 12.8. The lowest BCUT2D eigenvalue weighted by Crippen LogP contribution is -2.39. The van der Waals surface area contributed by atoms with Crippen molar-refractivity contribution in [2.75, 3.05) is 19.7 Å². The standard InChI is InChI=1S/C29H35N3O5/c1-29(2,3)37-28(35)32-19-22(25-6-4-5-7-26(25)32)12-13-31(14-15-33)24-17-21-10-8-20(16-23(21)18-24)9-11-27(34)30-36/h4-11,16,19,24,33,36H,12-15,17-18H2,1-3H3,(H,30,34)/b11-9+. The highest BCUT2D eigenvalue weighted by Gasteiger charge is 2.27. The van der Waals surface area contributed by atoms with Crippen molar-refractivity contribution in [1.29, 1.82) is 0 Å². The topological polar surface area (TPSA) is 104 Å². The molecular weight excluding hydrogens is 470 g/mol. The predicted octanol–water partition coefficient (Wildman–Crippen LogP) is 3.95. The molecule has 1 aliphatic carbocycles. The molecule has 8 nitrogen and oxygen atoms in total. The van der Waals surface area contributed by atoms with E-state index in [1.165, 1.54) is 17.2 Å². The molecule has 0 radical (unpaired) electrons. The van der Waals surface area contributed by atoms with Crippen molar-refractivity contribution in [1.82, 2.24) is 14.9 Å². The molecule has 196 valence electrons. The number of nitrogens with zero attached hydrogens (tertiary/aromatic N) is 2. The Morgan fingerprint density at radius 2 is 1.89 bits per heavy atom. The van der Waals surface area contributed by atoms with Gasteiger partial charge in [-0.25, -0.2) is 10.3 Å². The van der Waals surface area contributed by atoms with Gasteiger partial charge in [0.15, 0.2) is 0 Å². The summed E-state index contributed by atoms with van der Waals surface area (Å²) < 4.78 is 7.20. The van der Waals surface area contributed by atoms with E-state index in [0.717, 1.165) is 47.8 Å². The summed E-state index contributed by atoms with van der Waals surface area (Å²) in [6.45, 7) is 6.94. The third-order valence-electron chi connectivity index (χ3n) is 6.64. The summed E-state index contributed by atoms with van der Waals surface area (Å²) in [5.74, 6) is -0.569. The van der Waals surface area contributed by atoms with Crippen LogP contribution in [0.4, 0.5) is 4.79 Å². The number of hydroxylamine groups is 1. The predicted molar refractivity (Wildman–Crippen MR) is 143 cm³/mol. The van der Waals surface area contributed by atoms with Crippen LogP contribution in [-0.4, -0.2) is 63.1 Å². The fourth-order valence-corrected chi connectivity index (χ4v) is 4.97. The zero-order valence-electron chi connectivity index (χ0n) is 21.6. The number of aliphatic hydroxyl groups is 1. The van der Waals surface area contributed by atoms with Gasteiger partial charge >= 0.3 is 6.09 Å². The molecule has 1 amide bonds. The van der Waals surface area contributed by atoms with Crippen LogP contribution in [0.15, 0.2) is 54.7 Å². The first kappa shape index (κ1) is 26.6. The average molecular weight is 506 g/mol. The number of amides is 1. The maximum Gasteiger partial charge on any atom is 0.419 e. The normalized spacial score (nSPS) is 15.5. The number of aromatic nitrogens is 1. The van der Waals surface area contributed by atoms with Crippen molar-refractivity contribution in [2.45, 2.75) is 51.7 Å². The van der Waals surface area contributed by atoms with Crippen molar-refractivity contribution in [3.8, 4) is 0 Å². The van der Waals surface area contributed by atoms with Gasteiger partial charge < -0.3 is 9.84 Å². The molecule has 0 aliphatic heterocycles. The summed E-state index contributed by atoms with van der Waals surface area (Å²) in [6, 6.07) is 14.2. The molecule has 0 saturated carbocycles. The first-order valence-electron chi connectivity index (χ1n) is 12.6. The molecule has 1 heterocycles. The first-order valence-corrected chi connectivity index (χ1v) is 12.6. The van der Waals surface area contributed by atoms with Gasteiger partial charge in [0.05, 0.1) is 12.1 Å². The van der Waals surface area contributed by atoms with Crippen LogP contribution >= 0.6 is 0 Å². The summed E-state index contributed by atoms with van der Waals surface area (Å²) in [5, 5.41) is 19.5. The Morgan fingerprint density at radius 1 is 1.14 bits per heavy atom. The minimum Gasteiger partial charge on any atom is -0.443 e. The van der Waals surface area contributed by atoms with Crippen LogP contribution in [0.5, 0.6) is 0 Å². The summed E-state index contributed by atoms with van der Waals surface area (Å²) in [5.41, 5.74) is 6.28. The summed E-state index contributed by atoms with van der Waals surface area (Å²) in [7, 11) is 0. The highest BCUT2D eigenvalue weighted by atomic mass is 16.6. The van der Waals surface area contributed by atoms with E-state index in [2.05, 4.69) is 17.0 Å². The molecule has 1 unspecified atom stereocenters. The molecule has 1 aromatic heterocycles. The lowest BCUT2D eigenvalue weighted by Gasteiger charge is -2.28. The molecule has 0 saturated heterocycles. The molecule has 3 N–H and O–H groups in total. The van der Waals surface area contributed by atoms with Crippen molar-refractivity contribution in [3.05, 3.63) is 77.0 Å². The van der Waals surface area contributed by atoms with Crippen LogP contribution in [0.2, 0.25) is 0 Å². The number of fused-ring (bicyclic) bond motifs is 2. The van der Waals surface area contributed by atoms with Gasteiger partial charge in [-0.3, -0.25) is 19.5 Å². The summed E-state index contributed by atoms with van der Waals surface area (Å²) in [4.78, 5) is 26.5. The van der Waals surface area contributed by atoms with Crippen molar-refractivity contribution in [3.63, 3.8) is 0 Å². The van der Waals surface area contributed by atoms with E-state index in [1.54, 1.807) is 16.1 Å². The Bertz CT molecular complexity index is 1300. The lowest BCUT2D eigenvalue weighted by molar-refractivity contribution is -0.124. The fourth-order valence-electron chi connectivity index (χ4n) is 4.97. The third-order valence-corrected chi connectivity index (χ3v) is 6.64. The maximum absolute atomic E-state index is 12.8. The molecule has 1 aliphatic rings. The Hall–Kier alpha value is -3.46. The third kappa shape index (κ3) is 6.46. The van der Waals surface area contributed by atoms with Crippen LogP contribution in [-0.2, 0) is 28.8 Å². The largest absolute Gasteiger partial charge is 0.443 e. The molecule has 2 aromatic carbocycles. The summed E-state index contributed by atoms with van der Waals surface area (Å²) in [6.07, 6.45) is 6.91. The molecule has 4 rings (SSSR count). The zero-order chi connectivity index (χ0) is 26.6. The van der Waals surface area contributed by atoms with Gasteiger partial charge in [0.2, 0.25) is 0 Å². The van der Waals surface area contributed by atoms with Crippen LogP contribution in [0.3, 0.4) is 0 Å². The second-order valence-corrected chi connectivity index (χ2v) is 10.4. The Kier molecular flexibility index (Phi) is 8.12. The highest BCUT2D eigenvalue weighted by Crippen LogP contribution is 2.28. The van der Waals surface area contributed by atoms with E-state index in [0.29, 0.717) is 6.54 Å². The molecule has 0 fully saturated rings. The van der Waals surface area contributed by atoms with E-state index in [4.69, 9.17) is 9.94 Å². The lowest BCUT2D eigenvalue weighted by atomic mass is 10.1. The molecule has 8 heteroatoms. The molecular formula is C29H35N3O5. The van der Waals surface area contributed by atoms with Crippen LogP contribution < -0.4 is 5.48 Å². The first-order chi connectivity index (χ1) is 17.7. The zero-order valence-corrected chi connectivity index (χ0v) is 21.6. The number of carbonyl (C=O) groups excluding carboxylic acids is 2. The number of hydrogen-bond acceptors (Lipinski definition) is 6. The van der Waals surface area contributed by atoms with Gasteiger partial charge in [0, 0.05) is 36.8 Å². The van der Waals surface area contributed by atoms with Gasteiger partial charge in [0.25, 0.3) is 5.91 Å². The molecule has 0 spiro atoms. The van der Waals surface area contributed by atoms with Crippen molar-refractivity contribution < 1.29 is 24.6 Å². The van der Waals surface area contributed by atoms with Gasteiger partial charge in [0.1, 0.15) is 5.60 Å². The van der Waals surface area contributed by atoms with Crippen LogP contribution in [0.25, 0.3) is 17.0 Å². The van der Waals surface area contributed by atoms with Gasteiger partial charge in [-0.15, -0.1) is 0 Å². The number of benzene rings is 2. The van der Waals surface area contributed by atoms with E-state index in [-0.39, 0.29) is 12.6 Å². The number of nitrogens with one attached hydrogen (secondary N) is 1. The Labute approximate surface area is 217 Å². The SMILES string of the molecule is CC(C)(C)OC(=O)n1cc(CCN(CCO)C2Cc3ccc(/C=C/C(=O)NO)cc3C2)c2ccccc21. The van der Waals surface area contributed by atoms with Gasteiger partial charge in [-0.05, 0) is 74.4 Å². The second kappa shape index (κ2) is 11.3. The molecule has 0 bridgehead atoms. The molecule has 1 atom stereocenters. The quantitative estimate of drug-likeness (QED) is 0.243. The minimum absolute atomic E-state index is 0.0662. The van der Waals surface area contributed by atoms with Gasteiger partial charge in [-0.2, -0.15) is 0 Å². The number of hydrogen-bond donors (Lipinski definition) is 3. The number of aliphatic hydroxyl groups excluding tert-OH is 1. The number of para-hydroxylation sites is 1. The monoisotopic (exact) mass is 505 g/mol. The Morgan fingerprint density at radius 3 is 2.62 bits per heavy atom. The van der Waals surface area contributed by atoms with Crippen molar-refractivity contribution in [2.24, 2.45) is 0 Å². The van der Waals surface area contributed by atoms with E-state index < -0.39 is 17.6 Å². The number of ether oxygens (including phenoxy) is 1. The van der Waals surface area contributed by atoms with Gasteiger partial charge in [-0.1, -0.05) is 36.4 Å². The number of rotatable bonds is 8.